The third kappa shape index (κ3) is 12.9. The number of carbonyl (C=O) groups excluding carboxylic acids is 1. The molecular weight excluding hydrogens is 635 g/mol. The van der Waals surface area contributed by atoms with E-state index in [1.54, 1.807) is 18.2 Å². The number of nitrogens with zero attached hydrogens (tertiary/aromatic N) is 2. The van der Waals surface area contributed by atoms with Crippen LogP contribution in [0, 0.1) is 17.7 Å². The molecule has 0 spiro atoms. The SMILES string of the molecule is Fc1c[c-]ccc1.O=C1CCN(Cc2ccccc2)CC1.OC1(c2cccc(F)c2)CCN(Cc2ccccc2)CC1.[Br-].[Mg+2]. The van der Waals surface area contributed by atoms with Crippen LogP contribution in [0.3, 0.4) is 0 Å². The normalized spacial score (nSPS) is 16.1. The first-order chi connectivity index (χ1) is 20.4. The summed E-state index contributed by atoms with van der Waals surface area (Å²) in [7, 11) is 0. The van der Waals surface area contributed by atoms with Gasteiger partial charge in [-0.3, -0.25) is 19.0 Å². The number of ketones is 1. The second-order valence-electron chi connectivity index (χ2n) is 10.8. The largest absolute Gasteiger partial charge is 2.00 e. The average Bonchev–Trinajstić information content (AvgIpc) is 3.02. The molecule has 0 radical (unpaired) electrons. The predicted octanol–water partition coefficient (Wildman–Crippen LogP) is 3.41. The molecule has 2 fully saturated rings. The minimum Gasteiger partial charge on any atom is -1.00 e. The third-order valence-corrected chi connectivity index (χ3v) is 7.63. The van der Waals surface area contributed by atoms with Gasteiger partial charge in [0.15, 0.2) is 0 Å². The molecule has 0 amide bonds. The molecule has 2 saturated heterocycles. The first-order valence-electron chi connectivity index (χ1n) is 14.5. The molecule has 6 rings (SSSR count). The molecule has 0 aromatic heterocycles. The van der Waals surface area contributed by atoms with Crippen LogP contribution in [0.25, 0.3) is 0 Å². The Kier molecular flexibility index (Phi) is 17.0. The van der Waals surface area contributed by atoms with Crippen molar-refractivity contribution >= 4 is 28.8 Å². The fraction of sp³-hybridized carbons (Fsp3) is 0.306. The number of benzene rings is 4. The van der Waals surface area contributed by atoms with Gasteiger partial charge in [0.1, 0.15) is 11.6 Å². The van der Waals surface area contributed by atoms with Crippen LogP contribution in [0.4, 0.5) is 8.78 Å². The van der Waals surface area contributed by atoms with Crippen molar-refractivity contribution < 1.29 is 35.7 Å². The van der Waals surface area contributed by atoms with Crippen LogP contribution in [0.15, 0.2) is 109 Å². The number of hydrogen-bond acceptors (Lipinski definition) is 4. The Morgan fingerprint density at radius 1 is 0.705 bits per heavy atom. The standard InChI is InChI=1S/C18H20FNO.C12H15NO.C6H4F.BrH.Mg/c19-17-8-4-7-16(13-17)18(21)9-11-20(12-10-18)14-15-5-2-1-3-6-15;14-12-6-8-13(9-7-12)10-11-4-2-1-3-5-11;7-6-4-2-1-3-5-6;;/h1-8,13,21H,9-12,14H2;1-5H,6-10H2;1-2,4-5H;1H;/q;;-1;;+2/p-1. The molecule has 0 atom stereocenters. The molecule has 0 bridgehead atoms. The maximum absolute atomic E-state index is 13.3. The molecule has 0 unspecified atom stereocenters. The third-order valence-electron chi connectivity index (χ3n) is 7.63. The van der Waals surface area contributed by atoms with E-state index in [0.717, 1.165) is 52.1 Å². The summed E-state index contributed by atoms with van der Waals surface area (Å²) in [5.74, 6) is -0.107. The zero-order valence-electron chi connectivity index (χ0n) is 25.1. The smallest absolute Gasteiger partial charge is 1.00 e. The molecule has 4 aromatic rings. The van der Waals surface area contributed by atoms with Crippen molar-refractivity contribution in [2.75, 3.05) is 26.2 Å². The number of piperidine rings is 2. The van der Waals surface area contributed by atoms with E-state index in [-0.39, 0.29) is 51.7 Å². The van der Waals surface area contributed by atoms with Gasteiger partial charge in [0.05, 0.1) is 5.60 Å². The Hall–Kier alpha value is -2.46. The number of likely N-dealkylation sites (tertiary alicyclic amines) is 2. The van der Waals surface area contributed by atoms with Gasteiger partial charge in [-0.15, -0.1) is 12.1 Å². The zero-order chi connectivity index (χ0) is 29.6. The van der Waals surface area contributed by atoms with E-state index in [4.69, 9.17) is 0 Å². The van der Waals surface area contributed by atoms with Gasteiger partial charge in [-0.25, -0.2) is 4.39 Å². The van der Waals surface area contributed by atoms with Crippen LogP contribution in [0.2, 0.25) is 0 Å². The Bertz CT molecular complexity index is 1350. The topological polar surface area (TPSA) is 43.8 Å². The van der Waals surface area contributed by atoms with Gasteiger partial charge in [-0.2, -0.15) is 18.2 Å². The fourth-order valence-corrected chi connectivity index (χ4v) is 5.16. The first-order valence-corrected chi connectivity index (χ1v) is 14.5. The summed E-state index contributed by atoms with van der Waals surface area (Å²) in [6.07, 6.45) is 2.74. The summed E-state index contributed by atoms with van der Waals surface area (Å²) in [4.78, 5) is 15.7. The molecule has 2 aliphatic heterocycles. The second kappa shape index (κ2) is 19.8. The van der Waals surface area contributed by atoms with Gasteiger partial charge in [0.25, 0.3) is 0 Å². The fourth-order valence-electron chi connectivity index (χ4n) is 5.16. The van der Waals surface area contributed by atoms with E-state index in [2.05, 4.69) is 52.3 Å². The van der Waals surface area contributed by atoms with E-state index in [1.807, 2.05) is 30.3 Å². The van der Waals surface area contributed by atoms with Crippen LogP contribution in [0.5, 0.6) is 0 Å². The first kappa shape index (κ1) is 37.7. The molecule has 4 nitrogen and oxygen atoms in total. The molecule has 1 N–H and O–H groups in total. The maximum Gasteiger partial charge on any atom is 2.00 e. The number of hydrogen-bond donors (Lipinski definition) is 1. The zero-order valence-corrected chi connectivity index (χ0v) is 28.1. The summed E-state index contributed by atoms with van der Waals surface area (Å²) >= 11 is 0. The van der Waals surface area contributed by atoms with Crippen LogP contribution in [-0.2, 0) is 23.5 Å². The van der Waals surface area contributed by atoms with Gasteiger partial charge in [-0.05, 0) is 41.7 Å². The molecule has 44 heavy (non-hydrogen) atoms. The average molecular weight is 674 g/mol. The number of halogens is 3. The molecule has 0 aliphatic carbocycles. The Balaban J connectivity index is 0.000000253. The van der Waals surface area contributed by atoms with Gasteiger partial charge in [-0.1, -0.05) is 72.8 Å². The molecule has 8 heteroatoms. The number of carbonyl (C=O) groups is 1. The van der Waals surface area contributed by atoms with Crippen LogP contribution in [0.1, 0.15) is 42.4 Å². The molecule has 0 saturated carbocycles. The maximum atomic E-state index is 13.3. The Morgan fingerprint density at radius 3 is 1.68 bits per heavy atom. The van der Waals surface area contributed by atoms with E-state index in [1.165, 1.54) is 35.4 Å². The molecular formula is C36H39BrF2MgN2O2. The molecule has 2 heterocycles. The van der Waals surface area contributed by atoms with E-state index < -0.39 is 5.60 Å². The number of rotatable bonds is 5. The Morgan fingerprint density at radius 2 is 1.23 bits per heavy atom. The van der Waals surface area contributed by atoms with Crippen molar-refractivity contribution in [3.05, 3.63) is 144 Å². The van der Waals surface area contributed by atoms with Crippen molar-refractivity contribution in [3.8, 4) is 0 Å². The van der Waals surface area contributed by atoms with Gasteiger partial charge in [0, 0.05) is 57.9 Å². The molecule has 4 aromatic carbocycles. The van der Waals surface area contributed by atoms with Crippen molar-refractivity contribution in [2.24, 2.45) is 0 Å². The predicted molar refractivity (Wildman–Crippen MR) is 168 cm³/mol. The second-order valence-corrected chi connectivity index (χ2v) is 10.8. The number of Topliss-reactive ketones (excluding diaryl/α,β-unsaturated/α-hetero) is 1. The molecule has 228 valence electrons. The van der Waals surface area contributed by atoms with Crippen LogP contribution in [-0.4, -0.2) is 69.9 Å². The van der Waals surface area contributed by atoms with Gasteiger partial charge >= 0.3 is 23.1 Å². The number of aliphatic hydroxyl groups is 1. The summed E-state index contributed by atoms with van der Waals surface area (Å²) in [5.41, 5.74) is 2.42. The van der Waals surface area contributed by atoms with Crippen molar-refractivity contribution in [2.45, 2.75) is 44.4 Å². The van der Waals surface area contributed by atoms with E-state index >= 15 is 0 Å². The van der Waals surface area contributed by atoms with E-state index in [0.29, 0.717) is 24.2 Å². The summed E-state index contributed by atoms with van der Waals surface area (Å²) in [6.45, 7) is 5.37. The van der Waals surface area contributed by atoms with Crippen molar-refractivity contribution in [3.63, 3.8) is 0 Å². The molecule has 2 aliphatic rings. The summed E-state index contributed by atoms with van der Waals surface area (Å²) < 4.78 is 25.2. The quantitative estimate of drug-likeness (QED) is 0.261. The van der Waals surface area contributed by atoms with Gasteiger partial charge < -0.3 is 22.1 Å². The van der Waals surface area contributed by atoms with Crippen LogP contribution >= 0.6 is 0 Å². The Labute approximate surface area is 287 Å². The van der Waals surface area contributed by atoms with Crippen molar-refractivity contribution in [1.82, 2.24) is 9.80 Å². The monoisotopic (exact) mass is 672 g/mol. The van der Waals surface area contributed by atoms with E-state index in [9.17, 15) is 18.7 Å². The summed E-state index contributed by atoms with van der Waals surface area (Å²) in [6, 6.07) is 35.6. The minimum atomic E-state index is -0.894. The van der Waals surface area contributed by atoms with Crippen molar-refractivity contribution in [1.29, 1.82) is 0 Å². The summed E-state index contributed by atoms with van der Waals surface area (Å²) in [5, 5.41) is 10.8. The van der Waals surface area contributed by atoms with Gasteiger partial charge in [0.2, 0.25) is 0 Å². The van der Waals surface area contributed by atoms with Crippen LogP contribution < -0.4 is 17.0 Å². The minimum absolute atomic E-state index is 0.